The van der Waals surface area contributed by atoms with Crippen LogP contribution in [0.25, 0.3) is 0 Å². The summed E-state index contributed by atoms with van der Waals surface area (Å²) < 4.78 is 32.0. The SMILES string of the molecule is Cc1ccc(S(=O)(=O)N2CCCCC2C(=O)O)cc1C(=O)OC(C)C. The van der Waals surface area contributed by atoms with Crippen molar-refractivity contribution in [1.29, 1.82) is 0 Å². The Morgan fingerprint density at radius 3 is 2.56 bits per heavy atom. The third-order valence-corrected chi connectivity index (χ3v) is 6.02. The van der Waals surface area contributed by atoms with Crippen molar-refractivity contribution < 1.29 is 27.9 Å². The zero-order valence-corrected chi connectivity index (χ0v) is 15.4. The van der Waals surface area contributed by atoms with E-state index in [-0.39, 0.29) is 29.5 Å². The maximum atomic E-state index is 12.9. The topological polar surface area (TPSA) is 101 Å². The number of hydrogen-bond acceptors (Lipinski definition) is 5. The number of aliphatic carboxylic acids is 1. The number of carboxylic acids is 1. The van der Waals surface area contributed by atoms with Crippen molar-refractivity contribution in [3.63, 3.8) is 0 Å². The number of carbonyl (C=O) groups is 2. The maximum absolute atomic E-state index is 12.9. The zero-order valence-electron chi connectivity index (χ0n) is 14.6. The summed E-state index contributed by atoms with van der Waals surface area (Å²) in [6, 6.07) is 3.11. The van der Waals surface area contributed by atoms with Crippen LogP contribution in [0.1, 0.15) is 49.0 Å². The molecule has 25 heavy (non-hydrogen) atoms. The molecule has 7 nitrogen and oxygen atoms in total. The minimum atomic E-state index is -4.01. The van der Waals surface area contributed by atoms with Crippen LogP contribution in [0.5, 0.6) is 0 Å². The zero-order chi connectivity index (χ0) is 18.8. The van der Waals surface area contributed by atoms with E-state index >= 15 is 0 Å². The van der Waals surface area contributed by atoms with E-state index in [9.17, 15) is 23.1 Å². The summed E-state index contributed by atoms with van der Waals surface area (Å²) in [7, 11) is -4.01. The van der Waals surface area contributed by atoms with Crippen LogP contribution in [-0.4, -0.2) is 48.5 Å². The van der Waals surface area contributed by atoms with Gasteiger partial charge in [0.05, 0.1) is 16.6 Å². The Kier molecular flexibility index (Phi) is 5.84. The highest BCUT2D eigenvalue weighted by atomic mass is 32.2. The first-order valence-electron chi connectivity index (χ1n) is 8.21. The summed E-state index contributed by atoms with van der Waals surface area (Å²) in [5.41, 5.74) is 0.761. The molecule has 1 N–H and O–H groups in total. The minimum absolute atomic E-state index is 0.0954. The van der Waals surface area contributed by atoms with Gasteiger partial charge in [-0.2, -0.15) is 4.31 Å². The quantitative estimate of drug-likeness (QED) is 0.799. The van der Waals surface area contributed by atoms with Gasteiger partial charge < -0.3 is 9.84 Å². The Labute approximate surface area is 147 Å². The van der Waals surface area contributed by atoms with Crippen LogP contribution in [0.15, 0.2) is 23.1 Å². The predicted molar refractivity (Wildman–Crippen MR) is 90.9 cm³/mol. The number of sulfonamides is 1. The summed E-state index contributed by atoms with van der Waals surface area (Å²) in [5.74, 6) is -1.76. The van der Waals surface area contributed by atoms with Crippen molar-refractivity contribution in [2.24, 2.45) is 0 Å². The molecule has 0 amide bonds. The Hall–Kier alpha value is -1.93. The Bertz CT molecular complexity index is 771. The van der Waals surface area contributed by atoms with Gasteiger partial charge in [0.25, 0.3) is 0 Å². The van der Waals surface area contributed by atoms with Crippen LogP contribution in [0.2, 0.25) is 0 Å². The van der Waals surface area contributed by atoms with Crippen molar-refractivity contribution in [1.82, 2.24) is 4.31 Å². The lowest BCUT2D eigenvalue weighted by Crippen LogP contribution is -2.47. The Morgan fingerprint density at radius 1 is 1.28 bits per heavy atom. The largest absolute Gasteiger partial charge is 0.480 e. The lowest BCUT2D eigenvalue weighted by molar-refractivity contribution is -0.142. The number of rotatable bonds is 5. The van der Waals surface area contributed by atoms with Gasteiger partial charge in [0.15, 0.2) is 0 Å². The van der Waals surface area contributed by atoms with E-state index in [2.05, 4.69) is 0 Å². The molecule has 8 heteroatoms. The number of piperidine rings is 1. The average molecular weight is 369 g/mol. The van der Waals surface area contributed by atoms with Gasteiger partial charge in [-0.25, -0.2) is 13.2 Å². The van der Waals surface area contributed by atoms with E-state index < -0.39 is 28.0 Å². The molecule has 1 aromatic carbocycles. The third kappa shape index (κ3) is 4.19. The smallest absolute Gasteiger partial charge is 0.338 e. The van der Waals surface area contributed by atoms with Crippen LogP contribution in [0.3, 0.4) is 0 Å². The summed E-state index contributed by atoms with van der Waals surface area (Å²) in [6.07, 6.45) is 1.23. The number of benzene rings is 1. The van der Waals surface area contributed by atoms with Crippen molar-refractivity contribution >= 4 is 22.0 Å². The molecule has 1 saturated heterocycles. The van der Waals surface area contributed by atoms with Gasteiger partial charge in [-0.15, -0.1) is 0 Å². The monoisotopic (exact) mass is 369 g/mol. The number of hydrogen-bond donors (Lipinski definition) is 1. The number of carboxylic acid groups (broad SMARTS) is 1. The fourth-order valence-electron chi connectivity index (χ4n) is 2.83. The molecule has 1 atom stereocenters. The normalized spacial score (nSPS) is 19.0. The lowest BCUT2D eigenvalue weighted by atomic mass is 10.1. The second kappa shape index (κ2) is 7.53. The number of ether oxygens (including phenoxy) is 1. The lowest BCUT2D eigenvalue weighted by Gasteiger charge is -2.32. The van der Waals surface area contributed by atoms with Gasteiger partial charge in [0.2, 0.25) is 10.0 Å². The molecule has 1 fully saturated rings. The summed E-state index contributed by atoms with van der Waals surface area (Å²) >= 11 is 0. The second-order valence-electron chi connectivity index (χ2n) is 6.40. The number of carbonyl (C=O) groups excluding carboxylic acids is 1. The average Bonchev–Trinajstić information content (AvgIpc) is 2.54. The van der Waals surface area contributed by atoms with Gasteiger partial charge in [0.1, 0.15) is 6.04 Å². The Balaban J connectivity index is 2.42. The number of esters is 1. The Morgan fingerprint density at radius 2 is 1.96 bits per heavy atom. The molecule has 138 valence electrons. The molecule has 1 unspecified atom stereocenters. The number of nitrogens with zero attached hydrogens (tertiary/aromatic N) is 1. The molecular formula is C17H23NO6S. The first kappa shape index (κ1) is 19.4. The molecule has 0 radical (unpaired) electrons. The van der Waals surface area contributed by atoms with Crippen molar-refractivity contribution in [2.45, 2.75) is 57.1 Å². The molecule has 0 bridgehead atoms. The van der Waals surface area contributed by atoms with Crippen molar-refractivity contribution in [3.05, 3.63) is 29.3 Å². The number of aryl methyl sites for hydroxylation is 1. The van der Waals surface area contributed by atoms with Crippen LogP contribution in [0, 0.1) is 6.92 Å². The van der Waals surface area contributed by atoms with Crippen molar-refractivity contribution in [3.8, 4) is 0 Å². The highest BCUT2D eigenvalue weighted by molar-refractivity contribution is 7.89. The van der Waals surface area contributed by atoms with Crippen LogP contribution in [-0.2, 0) is 19.6 Å². The second-order valence-corrected chi connectivity index (χ2v) is 8.29. The van der Waals surface area contributed by atoms with E-state index in [4.69, 9.17) is 4.74 Å². The first-order chi connectivity index (χ1) is 11.6. The van der Waals surface area contributed by atoms with Gasteiger partial charge in [-0.1, -0.05) is 6.07 Å². The summed E-state index contributed by atoms with van der Waals surface area (Å²) in [5, 5.41) is 9.32. The van der Waals surface area contributed by atoms with Crippen LogP contribution < -0.4 is 0 Å². The minimum Gasteiger partial charge on any atom is -0.480 e. The molecule has 1 aliphatic rings. The maximum Gasteiger partial charge on any atom is 0.338 e. The van der Waals surface area contributed by atoms with Crippen molar-refractivity contribution in [2.75, 3.05) is 6.54 Å². The molecular weight excluding hydrogens is 346 g/mol. The van der Waals surface area contributed by atoms with E-state index in [1.165, 1.54) is 18.2 Å². The van der Waals surface area contributed by atoms with E-state index in [1.54, 1.807) is 20.8 Å². The van der Waals surface area contributed by atoms with E-state index in [1.807, 2.05) is 0 Å². The van der Waals surface area contributed by atoms with E-state index in [0.29, 0.717) is 18.4 Å². The molecule has 2 rings (SSSR count). The molecule has 1 aromatic rings. The predicted octanol–water partition coefficient (Wildman–Crippen LogP) is 2.19. The molecule has 0 saturated carbocycles. The highest BCUT2D eigenvalue weighted by Crippen LogP contribution is 2.27. The molecule has 0 aliphatic carbocycles. The summed E-state index contributed by atoms with van der Waals surface area (Å²) in [6.45, 7) is 5.26. The summed E-state index contributed by atoms with van der Waals surface area (Å²) in [4.78, 5) is 23.5. The van der Waals surface area contributed by atoms with Gasteiger partial charge in [0, 0.05) is 6.54 Å². The standard InChI is InChI=1S/C17H23NO6S/c1-11(2)24-17(21)14-10-13(8-7-12(14)3)25(22,23)18-9-5-4-6-15(18)16(19)20/h7-8,10-11,15H,4-6,9H2,1-3H3,(H,19,20). The van der Waals surface area contributed by atoms with Gasteiger partial charge >= 0.3 is 11.9 Å². The molecule has 0 aromatic heterocycles. The van der Waals surface area contributed by atoms with Crippen LogP contribution in [0.4, 0.5) is 0 Å². The molecule has 1 heterocycles. The third-order valence-electron chi connectivity index (χ3n) is 4.12. The van der Waals surface area contributed by atoms with Gasteiger partial charge in [-0.05, 0) is 57.7 Å². The molecule has 1 aliphatic heterocycles. The van der Waals surface area contributed by atoms with Crippen LogP contribution >= 0.6 is 0 Å². The fourth-order valence-corrected chi connectivity index (χ4v) is 4.51. The fraction of sp³-hybridized carbons (Fsp3) is 0.529. The highest BCUT2D eigenvalue weighted by Gasteiger charge is 2.38. The van der Waals surface area contributed by atoms with E-state index in [0.717, 1.165) is 4.31 Å². The molecule has 0 spiro atoms. The first-order valence-corrected chi connectivity index (χ1v) is 9.65. The van der Waals surface area contributed by atoms with Gasteiger partial charge in [-0.3, -0.25) is 4.79 Å².